The maximum Gasteiger partial charge on any atom is 0.251 e. The minimum atomic E-state index is -0.226. The van der Waals surface area contributed by atoms with E-state index in [-0.39, 0.29) is 43.3 Å². The van der Waals surface area contributed by atoms with Crippen LogP contribution in [0.25, 0.3) is 0 Å². The number of carbonyl (C=O) groups excluding carboxylic acids is 3. The number of rotatable bonds is 8. The smallest absolute Gasteiger partial charge is 0.251 e. The molecule has 0 atom stereocenters. The van der Waals surface area contributed by atoms with Crippen LogP contribution in [0.5, 0.6) is 0 Å². The van der Waals surface area contributed by atoms with Gasteiger partial charge in [0.15, 0.2) is 0 Å². The van der Waals surface area contributed by atoms with Gasteiger partial charge in [-0.2, -0.15) is 0 Å². The van der Waals surface area contributed by atoms with Crippen molar-refractivity contribution in [3.8, 4) is 0 Å². The second kappa shape index (κ2) is 10.1. The highest BCUT2D eigenvalue weighted by Crippen LogP contribution is 2.10. The quantitative estimate of drug-likeness (QED) is 0.703. The van der Waals surface area contributed by atoms with Crippen molar-refractivity contribution >= 4 is 33.7 Å². The van der Waals surface area contributed by atoms with Crippen molar-refractivity contribution in [3.63, 3.8) is 0 Å². The molecule has 1 aromatic rings. The Labute approximate surface area is 151 Å². The number of benzene rings is 1. The number of nitrogens with zero attached hydrogens (tertiary/aromatic N) is 1. The maximum absolute atomic E-state index is 12.1. The first-order valence-corrected chi connectivity index (χ1v) is 8.73. The summed E-state index contributed by atoms with van der Waals surface area (Å²) < 4.78 is 0.896. The van der Waals surface area contributed by atoms with Gasteiger partial charge >= 0.3 is 0 Å². The number of hydrogen-bond donors (Lipinski definition) is 2. The van der Waals surface area contributed by atoms with Crippen LogP contribution in [0.2, 0.25) is 0 Å². The summed E-state index contributed by atoms with van der Waals surface area (Å²) in [6.07, 6.45) is 0.158. The third kappa shape index (κ3) is 7.12. The lowest BCUT2D eigenvalue weighted by Crippen LogP contribution is -2.43. The Hall–Kier alpha value is -1.89. The zero-order chi connectivity index (χ0) is 18.1. The molecule has 2 N–H and O–H groups in total. The van der Waals surface area contributed by atoms with Gasteiger partial charge in [-0.15, -0.1) is 0 Å². The summed E-state index contributed by atoms with van der Waals surface area (Å²) in [5.74, 6) is -0.567. The minimum absolute atomic E-state index is 0.0359. The molecule has 7 heteroatoms. The normalized spacial score (nSPS) is 10.4. The molecule has 0 radical (unpaired) electrons. The van der Waals surface area contributed by atoms with Crippen molar-refractivity contribution in [2.75, 3.05) is 19.6 Å². The van der Waals surface area contributed by atoms with Gasteiger partial charge in [-0.25, -0.2) is 0 Å². The highest BCUT2D eigenvalue weighted by molar-refractivity contribution is 9.10. The highest BCUT2D eigenvalue weighted by Gasteiger charge is 2.16. The van der Waals surface area contributed by atoms with E-state index in [4.69, 9.17) is 0 Å². The molecule has 3 amide bonds. The average Bonchev–Trinajstić information content (AvgIpc) is 2.52. The first-order chi connectivity index (χ1) is 11.3. The summed E-state index contributed by atoms with van der Waals surface area (Å²) in [6.45, 7) is 6.28. The first kappa shape index (κ1) is 20.2. The van der Waals surface area contributed by atoms with Gasteiger partial charge in [0.25, 0.3) is 5.91 Å². The molecule has 6 nitrogen and oxygen atoms in total. The van der Waals surface area contributed by atoms with Crippen LogP contribution < -0.4 is 10.6 Å². The topological polar surface area (TPSA) is 78.5 Å². The Morgan fingerprint density at radius 2 is 1.79 bits per heavy atom. The van der Waals surface area contributed by atoms with Crippen molar-refractivity contribution in [3.05, 3.63) is 34.3 Å². The fraction of sp³-hybridized carbons (Fsp3) is 0.471. The van der Waals surface area contributed by atoms with E-state index < -0.39 is 0 Å². The second-order valence-corrected chi connectivity index (χ2v) is 6.56. The predicted molar refractivity (Wildman–Crippen MR) is 96.6 cm³/mol. The van der Waals surface area contributed by atoms with Crippen molar-refractivity contribution in [2.24, 2.45) is 0 Å². The molecule has 0 unspecified atom stereocenters. The molecule has 0 bridgehead atoms. The van der Waals surface area contributed by atoms with Crippen molar-refractivity contribution < 1.29 is 14.4 Å². The Morgan fingerprint density at radius 3 is 2.33 bits per heavy atom. The number of nitrogens with one attached hydrogen (secondary N) is 2. The molecule has 132 valence electrons. The Balaban J connectivity index is 2.41. The summed E-state index contributed by atoms with van der Waals surface area (Å²) in [7, 11) is 0. The molecule has 0 saturated heterocycles. The number of likely N-dealkylation sites (N-methyl/N-ethyl adjacent to an activating group) is 1. The molecule has 1 rings (SSSR count). The van der Waals surface area contributed by atoms with Gasteiger partial charge in [-0.05, 0) is 45.0 Å². The molecule has 0 aliphatic carbocycles. The molecule has 0 heterocycles. The third-order valence-corrected chi connectivity index (χ3v) is 3.78. The lowest BCUT2D eigenvalue weighted by atomic mass is 10.2. The highest BCUT2D eigenvalue weighted by atomic mass is 79.9. The molecule has 0 aliphatic heterocycles. The van der Waals surface area contributed by atoms with E-state index in [1.807, 2.05) is 20.8 Å². The van der Waals surface area contributed by atoms with Gasteiger partial charge in [0.05, 0.1) is 6.54 Å². The SMILES string of the molecule is CCN(CC(=O)NC(C)C)C(=O)CCNC(=O)c1ccc(Br)cc1. The van der Waals surface area contributed by atoms with Crippen LogP contribution in [0.3, 0.4) is 0 Å². The molecule has 0 spiro atoms. The standard InChI is InChI=1S/C17H24BrN3O3/c1-4-21(11-15(22)20-12(2)3)16(23)9-10-19-17(24)13-5-7-14(18)8-6-13/h5-8,12H,4,9-11H2,1-3H3,(H,19,24)(H,20,22). The van der Waals surface area contributed by atoms with Gasteiger partial charge in [-0.3, -0.25) is 14.4 Å². The van der Waals surface area contributed by atoms with Crippen LogP contribution in [0.1, 0.15) is 37.6 Å². The molecule has 0 aromatic heterocycles. The predicted octanol–water partition coefficient (Wildman–Crippen LogP) is 1.94. The first-order valence-electron chi connectivity index (χ1n) is 7.94. The molecular formula is C17H24BrN3O3. The van der Waals surface area contributed by atoms with Crippen LogP contribution in [-0.4, -0.2) is 48.3 Å². The van der Waals surface area contributed by atoms with Gasteiger partial charge in [0.1, 0.15) is 0 Å². The summed E-state index contributed by atoms with van der Waals surface area (Å²) in [5, 5.41) is 5.47. The molecule has 1 aromatic carbocycles. The second-order valence-electron chi connectivity index (χ2n) is 5.64. The fourth-order valence-electron chi connectivity index (χ4n) is 2.06. The summed E-state index contributed by atoms with van der Waals surface area (Å²) in [4.78, 5) is 37.3. The monoisotopic (exact) mass is 397 g/mol. The lowest BCUT2D eigenvalue weighted by Gasteiger charge is -2.21. The zero-order valence-electron chi connectivity index (χ0n) is 14.3. The number of carbonyl (C=O) groups is 3. The number of hydrogen-bond acceptors (Lipinski definition) is 3. The van der Waals surface area contributed by atoms with E-state index in [1.165, 1.54) is 4.90 Å². The Kier molecular flexibility index (Phi) is 8.46. The fourth-order valence-corrected chi connectivity index (χ4v) is 2.33. The molecule has 0 aliphatic rings. The minimum Gasteiger partial charge on any atom is -0.352 e. The summed E-state index contributed by atoms with van der Waals surface area (Å²) in [5.41, 5.74) is 0.536. The van der Waals surface area contributed by atoms with E-state index in [0.29, 0.717) is 12.1 Å². The van der Waals surface area contributed by atoms with E-state index in [2.05, 4.69) is 26.6 Å². The van der Waals surface area contributed by atoms with Crippen LogP contribution in [-0.2, 0) is 9.59 Å². The van der Waals surface area contributed by atoms with Crippen molar-refractivity contribution in [1.82, 2.24) is 15.5 Å². The van der Waals surface area contributed by atoms with Crippen molar-refractivity contribution in [2.45, 2.75) is 33.2 Å². The third-order valence-electron chi connectivity index (χ3n) is 3.25. The molecule has 0 fully saturated rings. The van der Waals surface area contributed by atoms with E-state index in [1.54, 1.807) is 24.3 Å². The van der Waals surface area contributed by atoms with Crippen molar-refractivity contribution in [1.29, 1.82) is 0 Å². The number of amides is 3. The van der Waals surface area contributed by atoms with E-state index >= 15 is 0 Å². The van der Waals surface area contributed by atoms with Crippen LogP contribution in [0.4, 0.5) is 0 Å². The van der Waals surface area contributed by atoms with Crippen LogP contribution >= 0.6 is 15.9 Å². The molecule has 0 saturated carbocycles. The Morgan fingerprint density at radius 1 is 1.17 bits per heavy atom. The van der Waals surface area contributed by atoms with Crippen LogP contribution in [0.15, 0.2) is 28.7 Å². The van der Waals surface area contributed by atoms with E-state index in [0.717, 1.165) is 4.47 Å². The van der Waals surface area contributed by atoms with Gasteiger partial charge in [0.2, 0.25) is 11.8 Å². The largest absolute Gasteiger partial charge is 0.352 e. The van der Waals surface area contributed by atoms with Gasteiger partial charge in [0, 0.05) is 35.6 Å². The zero-order valence-corrected chi connectivity index (χ0v) is 15.9. The lowest BCUT2D eigenvalue weighted by molar-refractivity contribution is -0.135. The molecular weight excluding hydrogens is 374 g/mol. The van der Waals surface area contributed by atoms with Gasteiger partial charge < -0.3 is 15.5 Å². The molecule has 24 heavy (non-hydrogen) atoms. The van der Waals surface area contributed by atoms with E-state index in [9.17, 15) is 14.4 Å². The number of halogens is 1. The average molecular weight is 398 g/mol. The van der Waals surface area contributed by atoms with Crippen LogP contribution in [0, 0.1) is 0 Å². The Bertz CT molecular complexity index is 573. The summed E-state index contributed by atoms with van der Waals surface area (Å²) in [6, 6.07) is 7.01. The summed E-state index contributed by atoms with van der Waals surface area (Å²) >= 11 is 3.31. The van der Waals surface area contributed by atoms with Gasteiger partial charge in [-0.1, -0.05) is 15.9 Å². The maximum atomic E-state index is 12.1.